The maximum Gasteiger partial charge on any atom is 0.0594 e. The first-order valence-corrected chi connectivity index (χ1v) is 7.95. The van der Waals surface area contributed by atoms with Crippen molar-refractivity contribution < 1.29 is 4.74 Å². The molecule has 2 fully saturated rings. The molecule has 0 unspecified atom stereocenters. The molecule has 0 atom stereocenters. The van der Waals surface area contributed by atoms with E-state index in [2.05, 4.69) is 29.2 Å². The summed E-state index contributed by atoms with van der Waals surface area (Å²) in [6.07, 6.45) is 6.15. The molecule has 3 nitrogen and oxygen atoms in total. The maximum atomic E-state index is 6.59. The monoisotopic (exact) mass is 274 g/mol. The second kappa shape index (κ2) is 6.25. The van der Waals surface area contributed by atoms with Crippen molar-refractivity contribution in [2.24, 2.45) is 5.73 Å². The van der Waals surface area contributed by atoms with Crippen molar-refractivity contribution >= 4 is 0 Å². The van der Waals surface area contributed by atoms with E-state index in [9.17, 15) is 0 Å². The van der Waals surface area contributed by atoms with E-state index in [-0.39, 0.29) is 5.54 Å². The highest BCUT2D eigenvalue weighted by atomic mass is 16.5. The SMILES string of the molecule is NC1(c2ccc(CN3CCOCC3)cc2)CCCCC1. The van der Waals surface area contributed by atoms with E-state index in [4.69, 9.17) is 10.5 Å². The Morgan fingerprint density at radius 1 is 1.00 bits per heavy atom. The first-order valence-electron chi connectivity index (χ1n) is 7.95. The summed E-state index contributed by atoms with van der Waals surface area (Å²) < 4.78 is 5.39. The Labute approximate surface area is 122 Å². The Hall–Kier alpha value is -0.900. The van der Waals surface area contributed by atoms with Gasteiger partial charge in [0.2, 0.25) is 0 Å². The first-order chi connectivity index (χ1) is 9.76. The highest BCUT2D eigenvalue weighted by Crippen LogP contribution is 2.34. The van der Waals surface area contributed by atoms with Crippen molar-refractivity contribution in [3.63, 3.8) is 0 Å². The average Bonchev–Trinajstić information content (AvgIpc) is 2.50. The van der Waals surface area contributed by atoms with Crippen LogP contribution < -0.4 is 5.73 Å². The number of hydrogen-bond donors (Lipinski definition) is 1. The molecular formula is C17H26N2O. The van der Waals surface area contributed by atoms with E-state index in [1.54, 1.807) is 0 Å². The fourth-order valence-electron chi connectivity index (χ4n) is 3.43. The molecule has 1 saturated heterocycles. The molecule has 2 aliphatic rings. The van der Waals surface area contributed by atoms with Gasteiger partial charge in [-0.2, -0.15) is 0 Å². The lowest BCUT2D eigenvalue weighted by atomic mass is 9.77. The van der Waals surface area contributed by atoms with Gasteiger partial charge in [0.25, 0.3) is 0 Å². The molecule has 110 valence electrons. The highest BCUT2D eigenvalue weighted by molar-refractivity contribution is 5.28. The summed E-state index contributed by atoms with van der Waals surface area (Å²) in [7, 11) is 0. The van der Waals surface area contributed by atoms with Gasteiger partial charge in [0.1, 0.15) is 0 Å². The minimum absolute atomic E-state index is 0.0737. The highest BCUT2D eigenvalue weighted by Gasteiger charge is 2.29. The van der Waals surface area contributed by atoms with Crippen LogP contribution in [0.25, 0.3) is 0 Å². The standard InChI is InChI=1S/C17H26N2O/c18-17(8-2-1-3-9-17)16-6-4-15(5-7-16)14-19-10-12-20-13-11-19/h4-7H,1-3,8-14,18H2. The number of rotatable bonds is 3. The summed E-state index contributed by atoms with van der Waals surface area (Å²) in [5, 5.41) is 0. The number of nitrogens with zero attached hydrogens (tertiary/aromatic N) is 1. The second-order valence-corrected chi connectivity index (χ2v) is 6.30. The number of hydrogen-bond acceptors (Lipinski definition) is 3. The van der Waals surface area contributed by atoms with Crippen LogP contribution in [-0.2, 0) is 16.8 Å². The van der Waals surface area contributed by atoms with Gasteiger partial charge < -0.3 is 10.5 Å². The molecule has 0 spiro atoms. The minimum atomic E-state index is -0.0737. The Bertz CT molecular complexity index is 417. The Morgan fingerprint density at radius 2 is 1.65 bits per heavy atom. The summed E-state index contributed by atoms with van der Waals surface area (Å²) in [6.45, 7) is 4.85. The van der Waals surface area contributed by atoms with Gasteiger partial charge in [0.15, 0.2) is 0 Å². The molecule has 0 radical (unpaired) electrons. The Kier molecular flexibility index (Phi) is 4.39. The molecule has 1 aromatic rings. The quantitative estimate of drug-likeness (QED) is 0.921. The van der Waals surface area contributed by atoms with Gasteiger partial charge in [-0.05, 0) is 24.0 Å². The van der Waals surface area contributed by atoms with E-state index < -0.39 is 0 Å². The van der Waals surface area contributed by atoms with E-state index in [0.29, 0.717) is 0 Å². The van der Waals surface area contributed by atoms with Gasteiger partial charge in [0.05, 0.1) is 13.2 Å². The molecular weight excluding hydrogens is 248 g/mol. The van der Waals surface area contributed by atoms with Crippen molar-refractivity contribution in [1.82, 2.24) is 4.90 Å². The van der Waals surface area contributed by atoms with Crippen molar-refractivity contribution in [1.29, 1.82) is 0 Å². The van der Waals surface area contributed by atoms with Crippen LogP contribution in [0.5, 0.6) is 0 Å². The van der Waals surface area contributed by atoms with Crippen LogP contribution in [0.1, 0.15) is 43.2 Å². The third kappa shape index (κ3) is 3.22. The molecule has 0 amide bonds. The third-order valence-corrected chi connectivity index (χ3v) is 4.78. The van der Waals surface area contributed by atoms with Crippen LogP contribution in [0.2, 0.25) is 0 Å². The van der Waals surface area contributed by atoms with Crippen LogP contribution in [0.15, 0.2) is 24.3 Å². The second-order valence-electron chi connectivity index (χ2n) is 6.30. The van der Waals surface area contributed by atoms with E-state index >= 15 is 0 Å². The van der Waals surface area contributed by atoms with E-state index in [1.165, 1.54) is 30.4 Å². The van der Waals surface area contributed by atoms with Crippen molar-refractivity contribution in [3.8, 4) is 0 Å². The van der Waals surface area contributed by atoms with Gasteiger partial charge in [-0.25, -0.2) is 0 Å². The molecule has 3 heteroatoms. The lowest BCUT2D eigenvalue weighted by Crippen LogP contribution is -2.38. The van der Waals surface area contributed by atoms with Crippen molar-refractivity contribution in [2.75, 3.05) is 26.3 Å². The Morgan fingerprint density at radius 3 is 2.30 bits per heavy atom. The van der Waals surface area contributed by atoms with Gasteiger partial charge in [-0.15, -0.1) is 0 Å². The third-order valence-electron chi connectivity index (χ3n) is 4.78. The smallest absolute Gasteiger partial charge is 0.0594 e. The largest absolute Gasteiger partial charge is 0.379 e. The zero-order valence-electron chi connectivity index (χ0n) is 12.3. The lowest BCUT2D eigenvalue weighted by molar-refractivity contribution is 0.0342. The molecule has 0 aromatic heterocycles. The van der Waals surface area contributed by atoms with Crippen LogP contribution in [0.3, 0.4) is 0 Å². The molecule has 3 rings (SSSR count). The molecule has 0 bridgehead atoms. The summed E-state index contributed by atoms with van der Waals surface area (Å²) >= 11 is 0. The zero-order valence-corrected chi connectivity index (χ0v) is 12.3. The lowest BCUT2D eigenvalue weighted by Gasteiger charge is -2.34. The predicted octanol–water partition coefficient (Wildman–Crippen LogP) is 2.64. The molecule has 1 aliphatic carbocycles. The van der Waals surface area contributed by atoms with Crippen LogP contribution in [0, 0.1) is 0 Å². The molecule has 2 N–H and O–H groups in total. The van der Waals surface area contributed by atoms with Gasteiger partial charge in [0, 0.05) is 25.2 Å². The normalized spacial score (nSPS) is 23.6. The molecule has 20 heavy (non-hydrogen) atoms. The van der Waals surface area contributed by atoms with Crippen molar-refractivity contribution in [2.45, 2.75) is 44.2 Å². The maximum absolute atomic E-state index is 6.59. The van der Waals surface area contributed by atoms with E-state index in [1.807, 2.05) is 0 Å². The fraction of sp³-hybridized carbons (Fsp3) is 0.647. The number of morpholine rings is 1. The van der Waals surface area contributed by atoms with Gasteiger partial charge in [-0.1, -0.05) is 43.5 Å². The summed E-state index contributed by atoms with van der Waals surface area (Å²) in [5.41, 5.74) is 9.22. The predicted molar refractivity (Wildman–Crippen MR) is 81.5 cm³/mol. The van der Waals surface area contributed by atoms with Crippen molar-refractivity contribution in [3.05, 3.63) is 35.4 Å². The topological polar surface area (TPSA) is 38.5 Å². The Balaban J connectivity index is 1.64. The molecule has 1 aromatic carbocycles. The zero-order chi connectivity index (χ0) is 13.8. The number of benzene rings is 1. The molecule has 1 heterocycles. The first kappa shape index (κ1) is 14.1. The van der Waals surface area contributed by atoms with Crippen LogP contribution in [-0.4, -0.2) is 31.2 Å². The average molecular weight is 274 g/mol. The molecule has 1 saturated carbocycles. The summed E-state index contributed by atoms with van der Waals surface area (Å²) in [5.74, 6) is 0. The number of ether oxygens (including phenoxy) is 1. The molecule has 1 aliphatic heterocycles. The fourth-order valence-corrected chi connectivity index (χ4v) is 3.43. The minimum Gasteiger partial charge on any atom is -0.379 e. The summed E-state index contributed by atoms with van der Waals surface area (Å²) in [6, 6.07) is 9.02. The van der Waals surface area contributed by atoms with Crippen LogP contribution in [0.4, 0.5) is 0 Å². The van der Waals surface area contributed by atoms with Gasteiger partial charge in [-0.3, -0.25) is 4.90 Å². The van der Waals surface area contributed by atoms with E-state index in [0.717, 1.165) is 45.7 Å². The van der Waals surface area contributed by atoms with Crippen LogP contribution >= 0.6 is 0 Å². The number of nitrogens with two attached hydrogens (primary N) is 1. The summed E-state index contributed by atoms with van der Waals surface area (Å²) in [4.78, 5) is 2.46. The van der Waals surface area contributed by atoms with Gasteiger partial charge >= 0.3 is 0 Å².